The molecule has 0 spiro atoms. The smallest absolute Gasteiger partial charge is 0.338 e. The second-order valence-corrected chi connectivity index (χ2v) is 9.11. The second-order valence-electron chi connectivity index (χ2n) is 5.02. The Morgan fingerprint density at radius 1 is 0.857 bits per heavy atom. The molecule has 0 saturated carbocycles. The van der Waals surface area contributed by atoms with Crippen molar-refractivity contribution >= 4 is 91.6 Å². The van der Waals surface area contributed by atoms with Crippen molar-refractivity contribution in [3.05, 3.63) is 77.5 Å². The van der Waals surface area contributed by atoms with E-state index >= 15 is 0 Å². The number of halogens is 5. The van der Waals surface area contributed by atoms with Gasteiger partial charge in [-0.25, -0.2) is 9.59 Å². The molecule has 0 aromatic heterocycles. The van der Waals surface area contributed by atoms with E-state index in [2.05, 4.69) is 92.8 Å². The number of hydrogen-bond acceptors (Lipinski definition) is 4. The zero-order valence-electron chi connectivity index (χ0n) is 14.4. The molecular formula is C19H13Br5O4. The Morgan fingerprint density at radius 3 is 2.00 bits per heavy atom. The van der Waals surface area contributed by atoms with Crippen molar-refractivity contribution in [1.82, 2.24) is 0 Å². The molecule has 0 fully saturated rings. The first-order valence-corrected chi connectivity index (χ1v) is 11.3. The molecular weight excluding hydrogens is 692 g/mol. The maximum atomic E-state index is 11.3. The molecule has 0 aliphatic heterocycles. The summed E-state index contributed by atoms with van der Waals surface area (Å²) in [7, 11) is 0. The maximum absolute atomic E-state index is 11.3. The van der Waals surface area contributed by atoms with Gasteiger partial charge in [-0.2, -0.15) is 0 Å². The fourth-order valence-corrected chi connectivity index (χ4v) is 3.53. The average molecular weight is 705 g/mol. The summed E-state index contributed by atoms with van der Waals surface area (Å²) in [6, 6.07) is 8.79. The first kappa shape index (κ1) is 25.3. The zero-order chi connectivity index (χ0) is 21.4. The van der Waals surface area contributed by atoms with Crippen LogP contribution >= 0.6 is 79.6 Å². The normalized spacial score (nSPS) is 9.64. The van der Waals surface area contributed by atoms with E-state index in [0.717, 1.165) is 19.5 Å². The summed E-state index contributed by atoms with van der Waals surface area (Å²) in [6.07, 6.45) is 1.12. The lowest BCUT2D eigenvalue weighted by molar-refractivity contribution is -0.130. The summed E-state index contributed by atoms with van der Waals surface area (Å²) < 4.78 is 14.0. The molecule has 2 rings (SSSR count). The van der Waals surface area contributed by atoms with Crippen molar-refractivity contribution in [2.24, 2.45) is 0 Å². The van der Waals surface area contributed by atoms with Crippen molar-refractivity contribution in [1.29, 1.82) is 0 Å². The van der Waals surface area contributed by atoms with E-state index in [1.807, 2.05) is 6.07 Å². The number of carbonyl (C=O) groups is 2. The predicted octanol–water partition coefficient (Wildman–Crippen LogP) is 7.76. The van der Waals surface area contributed by atoms with Crippen molar-refractivity contribution in [2.75, 3.05) is 0 Å². The number of hydrogen-bond donors (Lipinski definition) is 0. The van der Waals surface area contributed by atoms with Crippen LogP contribution in [-0.4, -0.2) is 11.9 Å². The van der Waals surface area contributed by atoms with Gasteiger partial charge in [0.1, 0.15) is 11.5 Å². The van der Waals surface area contributed by atoms with E-state index in [1.54, 1.807) is 31.2 Å². The van der Waals surface area contributed by atoms with Crippen molar-refractivity contribution in [3.63, 3.8) is 0 Å². The van der Waals surface area contributed by atoms with Gasteiger partial charge in [0.25, 0.3) is 0 Å². The third-order valence-corrected chi connectivity index (χ3v) is 8.19. The fourth-order valence-electron chi connectivity index (χ4n) is 1.49. The van der Waals surface area contributed by atoms with E-state index in [1.165, 1.54) is 0 Å². The van der Waals surface area contributed by atoms with E-state index in [4.69, 9.17) is 9.47 Å². The van der Waals surface area contributed by atoms with E-state index < -0.39 is 11.9 Å². The van der Waals surface area contributed by atoms with Gasteiger partial charge in [0.05, 0.1) is 8.95 Å². The molecule has 0 atom stereocenters. The summed E-state index contributed by atoms with van der Waals surface area (Å²) in [6.45, 7) is 8.42. The molecule has 4 nitrogen and oxygen atoms in total. The minimum Gasteiger partial charge on any atom is -0.422 e. The van der Waals surface area contributed by atoms with Gasteiger partial charge in [-0.1, -0.05) is 19.2 Å². The van der Waals surface area contributed by atoms with Gasteiger partial charge >= 0.3 is 11.9 Å². The summed E-state index contributed by atoms with van der Waals surface area (Å²) >= 11 is 16.6. The van der Waals surface area contributed by atoms with Gasteiger partial charge < -0.3 is 9.47 Å². The molecule has 0 N–H and O–H groups in total. The van der Waals surface area contributed by atoms with Crippen LogP contribution in [0.4, 0.5) is 0 Å². The second kappa shape index (κ2) is 12.1. The van der Waals surface area contributed by atoms with Gasteiger partial charge in [0.15, 0.2) is 0 Å². The van der Waals surface area contributed by atoms with Crippen LogP contribution in [0.2, 0.25) is 0 Å². The maximum Gasteiger partial charge on any atom is 0.338 e. The van der Waals surface area contributed by atoms with Crippen LogP contribution < -0.4 is 9.47 Å². The van der Waals surface area contributed by atoms with Crippen LogP contribution in [-0.2, 0) is 9.59 Å². The minimum atomic E-state index is -0.473. The van der Waals surface area contributed by atoms with Gasteiger partial charge in [-0.05, 0) is 111 Å². The monoisotopic (exact) mass is 700 g/mol. The minimum absolute atomic E-state index is 0.362. The first-order valence-electron chi connectivity index (χ1n) is 7.37. The van der Waals surface area contributed by atoms with E-state index in [-0.39, 0.29) is 0 Å². The van der Waals surface area contributed by atoms with Gasteiger partial charge in [0.2, 0.25) is 0 Å². The SMILES string of the molecule is C=C(C)C(=O)Oc1ccc(Br)c(Br)c1Br.C=CC(=O)Oc1cccc(Br)c1Br. The molecule has 0 radical (unpaired) electrons. The number of carbonyl (C=O) groups excluding carboxylic acids is 2. The Balaban J connectivity index is 0.000000283. The average Bonchev–Trinajstić information content (AvgIpc) is 2.66. The molecule has 0 aliphatic carbocycles. The largest absolute Gasteiger partial charge is 0.422 e. The molecule has 0 heterocycles. The number of ether oxygens (including phenoxy) is 2. The quantitative estimate of drug-likeness (QED) is 0.141. The lowest BCUT2D eigenvalue weighted by atomic mass is 10.3. The third kappa shape index (κ3) is 7.59. The number of rotatable bonds is 4. The molecule has 0 amide bonds. The standard InChI is InChI=1S/C10H7Br3O2.C9H6Br2O2/c1-5(2)10(14)15-7-4-3-6(11)8(12)9(7)13;1-2-8(12)13-7-5-3-4-6(10)9(7)11/h3-4H,1H2,2H3;2-5H,1H2. The van der Waals surface area contributed by atoms with E-state index in [9.17, 15) is 9.59 Å². The third-order valence-electron chi connectivity index (χ3n) is 2.84. The van der Waals surface area contributed by atoms with Crippen LogP contribution in [0.3, 0.4) is 0 Å². The highest BCUT2D eigenvalue weighted by Crippen LogP contribution is 2.38. The molecule has 148 valence electrons. The molecule has 2 aromatic rings. The summed E-state index contributed by atoms with van der Waals surface area (Å²) in [5.74, 6) is 0.0149. The Bertz CT molecular complexity index is 925. The molecule has 0 aliphatic rings. The Hall–Kier alpha value is -0.740. The van der Waals surface area contributed by atoms with Gasteiger partial charge in [0, 0.05) is 25.1 Å². The lowest BCUT2D eigenvalue weighted by Gasteiger charge is -2.08. The van der Waals surface area contributed by atoms with Crippen molar-refractivity contribution in [3.8, 4) is 11.5 Å². The summed E-state index contributed by atoms with van der Waals surface area (Å²) in [5, 5.41) is 0. The van der Waals surface area contributed by atoms with Crippen LogP contribution in [0.25, 0.3) is 0 Å². The van der Waals surface area contributed by atoms with Crippen LogP contribution in [0.5, 0.6) is 11.5 Å². The lowest BCUT2D eigenvalue weighted by Crippen LogP contribution is -2.08. The Labute approximate surface area is 205 Å². The van der Waals surface area contributed by atoms with Gasteiger partial charge in [-0.15, -0.1) is 0 Å². The number of benzene rings is 2. The summed E-state index contributed by atoms with van der Waals surface area (Å²) in [5.41, 5.74) is 0.362. The van der Waals surface area contributed by atoms with Gasteiger partial charge in [-0.3, -0.25) is 0 Å². The van der Waals surface area contributed by atoms with Crippen molar-refractivity contribution < 1.29 is 19.1 Å². The number of esters is 2. The highest BCUT2D eigenvalue weighted by atomic mass is 79.9. The molecule has 28 heavy (non-hydrogen) atoms. The zero-order valence-corrected chi connectivity index (χ0v) is 22.3. The van der Waals surface area contributed by atoms with Crippen LogP contribution in [0, 0.1) is 0 Å². The summed E-state index contributed by atoms with van der Waals surface area (Å²) in [4.78, 5) is 22.2. The predicted molar refractivity (Wildman–Crippen MR) is 128 cm³/mol. The van der Waals surface area contributed by atoms with Crippen LogP contribution in [0.15, 0.2) is 77.5 Å². The van der Waals surface area contributed by atoms with Crippen LogP contribution in [0.1, 0.15) is 6.92 Å². The molecule has 0 bridgehead atoms. The topological polar surface area (TPSA) is 52.6 Å². The molecule has 0 unspecified atom stereocenters. The highest BCUT2D eigenvalue weighted by Gasteiger charge is 2.12. The van der Waals surface area contributed by atoms with E-state index in [0.29, 0.717) is 26.0 Å². The fraction of sp³-hybridized carbons (Fsp3) is 0.0526. The molecule has 9 heteroatoms. The highest BCUT2D eigenvalue weighted by molar-refractivity contribution is 9.14. The molecule has 0 saturated heterocycles. The van der Waals surface area contributed by atoms with Crippen molar-refractivity contribution in [2.45, 2.75) is 6.92 Å². The first-order chi connectivity index (χ1) is 13.1. The Morgan fingerprint density at radius 2 is 1.43 bits per heavy atom. The Kier molecular flexibility index (Phi) is 10.9. The molecule has 2 aromatic carbocycles.